The highest BCUT2D eigenvalue weighted by Crippen LogP contribution is 2.34. The zero-order valence-electron chi connectivity index (χ0n) is 18.5. The molecule has 3 heterocycles. The third kappa shape index (κ3) is 3.92. The SMILES string of the molecule is COc1cc(Nc2ncc3c(n2)C(C(=O)N2CCCC2)CCC3)ccc1-c1nc(C)c[nH]1. The summed E-state index contributed by atoms with van der Waals surface area (Å²) in [6.45, 7) is 3.67. The van der Waals surface area contributed by atoms with Crippen LogP contribution in [-0.4, -0.2) is 50.9 Å². The summed E-state index contributed by atoms with van der Waals surface area (Å²) in [7, 11) is 1.64. The van der Waals surface area contributed by atoms with Gasteiger partial charge in [0.2, 0.25) is 11.9 Å². The van der Waals surface area contributed by atoms with Crippen molar-refractivity contribution < 1.29 is 9.53 Å². The van der Waals surface area contributed by atoms with Crippen molar-refractivity contribution in [1.29, 1.82) is 0 Å². The highest BCUT2D eigenvalue weighted by molar-refractivity contribution is 5.84. The van der Waals surface area contributed by atoms with Crippen LogP contribution in [-0.2, 0) is 11.2 Å². The van der Waals surface area contributed by atoms with Crippen LogP contribution in [0.1, 0.15) is 48.6 Å². The van der Waals surface area contributed by atoms with Crippen molar-refractivity contribution in [3.8, 4) is 17.1 Å². The van der Waals surface area contributed by atoms with Crippen LogP contribution >= 0.6 is 0 Å². The number of H-pyrrole nitrogens is 1. The van der Waals surface area contributed by atoms with E-state index in [1.807, 2.05) is 42.4 Å². The molecule has 2 N–H and O–H groups in total. The number of aryl methyl sites for hydroxylation is 2. The second-order valence-electron chi connectivity index (χ2n) is 8.51. The standard InChI is InChI=1S/C24H28N6O2/c1-15-13-25-22(27-15)18-9-8-17(12-20(18)32-2)28-24-26-14-16-6-5-7-19(21(16)29-24)23(31)30-10-3-4-11-30/h8-9,12-14,19H,3-7,10-11H2,1-2H3,(H,25,27)(H,26,28,29). The highest BCUT2D eigenvalue weighted by Gasteiger charge is 2.32. The zero-order chi connectivity index (χ0) is 22.1. The van der Waals surface area contributed by atoms with Crippen molar-refractivity contribution in [3.05, 3.63) is 47.5 Å². The second-order valence-corrected chi connectivity index (χ2v) is 8.51. The first-order chi connectivity index (χ1) is 15.6. The Morgan fingerprint density at radius 2 is 2.06 bits per heavy atom. The van der Waals surface area contributed by atoms with Gasteiger partial charge in [-0.2, -0.15) is 0 Å². The van der Waals surface area contributed by atoms with Crippen LogP contribution in [0, 0.1) is 6.92 Å². The molecule has 8 nitrogen and oxygen atoms in total. The first kappa shape index (κ1) is 20.5. The fraction of sp³-hybridized carbons (Fsp3) is 0.417. The van der Waals surface area contributed by atoms with Gasteiger partial charge in [-0.05, 0) is 56.7 Å². The Balaban J connectivity index is 1.40. The minimum absolute atomic E-state index is 0.167. The van der Waals surface area contributed by atoms with Gasteiger partial charge in [-0.25, -0.2) is 15.0 Å². The number of imidazole rings is 1. The number of aromatic nitrogens is 4. The molecular weight excluding hydrogens is 404 g/mol. The predicted molar refractivity (Wildman–Crippen MR) is 122 cm³/mol. The lowest BCUT2D eigenvalue weighted by atomic mass is 9.86. The van der Waals surface area contributed by atoms with Gasteiger partial charge in [0.15, 0.2) is 0 Å². The minimum atomic E-state index is -0.167. The summed E-state index contributed by atoms with van der Waals surface area (Å²) in [5, 5.41) is 3.28. The van der Waals surface area contributed by atoms with E-state index in [2.05, 4.69) is 20.3 Å². The van der Waals surface area contributed by atoms with Crippen LogP contribution < -0.4 is 10.1 Å². The number of methoxy groups -OCH3 is 1. The van der Waals surface area contributed by atoms with E-state index in [9.17, 15) is 4.79 Å². The number of fused-ring (bicyclic) bond motifs is 1. The molecule has 3 aromatic rings. The predicted octanol–water partition coefficient (Wildman–Crippen LogP) is 3.97. The summed E-state index contributed by atoms with van der Waals surface area (Å²) in [6, 6.07) is 5.81. The van der Waals surface area contributed by atoms with E-state index in [0.29, 0.717) is 11.7 Å². The quantitative estimate of drug-likeness (QED) is 0.633. The van der Waals surface area contributed by atoms with Crippen LogP contribution in [0.2, 0.25) is 0 Å². The van der Waals surface area contributed by atoms with E-state index in [1.54, 1.807) is 7.11 Å². The molecule has 0 saturated carbocycles. The number of aromatic amines is 1. The number of rotatable bonds is 5. The Labute approximate surface area is 187 Å². The van der Waals surface area contributed by atoms with Crippen LogP contribution in [0.5, 0.6) is 5.75 Å². The first-order valence-electron chi connectivity index (χ1n) is 11.2. The van der Waals surface area contributed by atoms with Crippen molar-refractivity contribution in [1.82, 2.24) is 24.8 Å². The van der Waals surface area contributed by atoms with E-state index in [0.717, 1.165) is 79.2 Å². The summed E-state index contributed by atoms with van der Waals surface area (Å²) in [5.41, 5.74) is 4.58. The number of nitrogens with zero attached hydrogens (tertiary/aromatic N) is 4. The minimum Gasteiger partial charge on any atom is -0.496 e. The number of anilines is 2. The molecule has 2 aromatic heterocycles. The van der Waals surface area contributed by atoms with Gasteiger partial charge in [-0.3, -0.25) is 4.79 Å². The molecule has 8 heteroatoms. The number of amides is 1. The highest BCUT2D eigenvalue weighted by atomic mass is 16.5. The molecule has 1 unspecified atom stereocenters. The number of hydrogen-bond donors (Lipinski definition) is 2. The van der Waals surface area contributed by atoms with Gasteiger partial charge in [0, 0.05) is 37.2 Å². The van der Waals surface area contributed by atoms with Crippen LogP contribution in [0.25, 0.3) is 11.4 Å². The lowest BCUT2D eigenvalue weighted by molar-refractivity contribution is -0.132. The Hall–Kier alpha value is -3.42. The van der Waals surface area contributed by atoms with E-state index in [1.165, 1.54) is 0 Å². The normalized spacial score (nSPS) is 17.8. The number of likely N-dealkylation sites (tertiary alicyclic amines) is 1. The molecule has 1 aliphatic heterocycles. The molecule has 0 bridgehead atoms. The summed E-state index contributed by atoms with van der Waals surface area (Å²) >= 11 is 0. The molecule has 5 rings (SSSR count). The summed E-state index contributed by atoms with van der Waals surface area (Å²) in [6.07, 6.45) is 8.69. The average Bonchev–Trinajstić information content (AvgIpc) is 3.50. The van der Waals surface area contributed by atoms with Crippen molar-refractivity contribution in [2.45, 2.75) is 44.9 Å². The first-order valence-corrected chi connectivity index (χ1v) is 11.2. The van der Waals surface area contributed by atoms with E-state index in [4.69, 9.17) is 9.72 Å². The van der Waals surface area contributed by atoms with Crippen molar-refractivity contribution in [2.75, 3.05) is 25.5 Å². The maximum Gasteiger partial charge on any atom is 0.231 e. The third-order valence-electron chi connectivity index (χ3n) is 6.30. The maximum absolute atomic E-state index is 13.1. The number of carbonyl (C=O) groups is 1. The molecule has 1 aromatic carbocycles. The van der Waals surface area contributed by atoms with E-state index in [-0.39, 0.29) is 11.8 Å². The number of carbonyl (C=O) groups excluding carboxylic acids is 1. The zero-order valence-corrected chi connectivity index (χ0v) is 18.5. The van der Waals surface area contributed by atoms with Crippen LogP contribution in [0.4, 0.5) is 11.6 Å². The fourth-order valence-electron chi connectivity index (χ4n) is 4.65. The number of hydrogen-bond acceptors (Lipinski definition) is 6. The molecule has 0 spiro atoms. The smallest absolute Gasteiger partial charge is 0.231 e. The fourth-order valence-corrected chi connectivity index (χ4v) is 4.65. The van der Waals surface area contributed by atoms with Gasteiger partial charge in [-0.15, -0.1) is 0 Å². The maximum atomic E-state index is 13.1. The van der Waals surface area contributed by atoms with Crippen molar-refractivity contribution in [3.63, 3.8) is 0 Å². The lowest BCUT2D eigenvalue weighted by Gasteiger charge is -2.27. The topological polar surface area (TPSA) is 96.0 Å². The molecule has 32 heavy (non-hydrogen) atoms. The lowest BCUT2D eigenvalue weighted by Crippen LogP contribution is -2.34. The Morgan fingerprint density at radius 1 is 1.22 bits per heavy atom. The van der Waals surface area contributed by atoms with Crippen molar-refractivity contribution >= 4 is 17.5 Å². The summed E-state index contributed by atoms with van der Waals surface area (Å²) in [4.78, 5) is 32.1. The van der Waals surface area contributed by atoms with Gasteiger partial charge in [0.1, 0.15) is 11.6 Å². The Bertz CT molecular complexity index is 1140. The van der Waals surface area contributed by atoms with Gasteiger partial charge >= 0.3 is 0 Å². The molecule has 1 aliphatic carbocycles. The van der Waals surface area contributed by atoms with Gasteiger partial charge < -0.3 is 19.9 Å². The summed E-state index contributed by atoms with van der Waals surface area (Å²) < 4.78 is 5.59. The molecule has 166 valence electrons. The summed E-state index contributed by atoms with van der Waals surface area (Å²) in [5.74, 6) is 2.00. The largest absolute Gasteiger partial charge is 0.496 e. The monoisotopic (exact) mass is 432 g/mol. The third-order valence-corrected chi connectivity index (χ3v) is 6.30. The van der Waals surface area contributed by atoms with Gasteiger partial charge in [-0.1, -0.05) is 0 Å². The molecular formula is C24H28N6O2. The molecule has 2 aliphatic rings. The molecule has 1 amide bonds. The van der Waals surface area contributed by atoms with E-state index < -0.39 is 0 Å². The Kier molecular flexibility index (Phi) is 5.51. The number of benzene rings is 1. The molecule has 0 radical (unpaired) electrons. The van der Waals surface area contributed by atoms with Crippen molar-refractivity contribution in [2.24, 2.45) is 0 Å². The average molecular weight is 433 g/mol. The second kappa shape index (κ2) is 8.61. The number of ether oxygens (including phenoxy) is 1. The molecule has 1 saturated heterocycles. The van der Waals surface area contributed by atoms with E-state index >= 15 is 0 Å². The molecule has 1 atom stereocenters. The van der Waals surface area contributed by atoms with Gasteiger partial charge in [0.05, 0.1) is 30.0 Å². The number of nitrogens with one attached hydrogen (secondary N) is 2. The van der Waals surface area contributed by atoms with Gasteiger partial charge in [0.25, 0.3) is 0 Å². The Morgan fingerprint density at radius 3 is 2.81 bits per heavy atom. The van der Waals surface area contributed by atoms with Crippen LogP contribution in [0.3, 0.4) is 0 Å². The van der Waals surface area contributed by atoms with Crippen LogP contribution in [0.15, 0.2) is 30.6 Å². The molecule has 1 fully saturated rings.